The van der Waals surface area contributed by atoms with E-state index in [0.717, 1.165) is 57.0 Å². The Balaban J connectivity index is 2.02. The molecule has 0 aliphatic heterocycles. The summed E-state index contributed by atoms with van der Waals surface area (Å²) in [6.07, 6.45) is 8.10. The second-order valence-electron chi connectivity index (χ2n) is 7.48. The number of hydrogen-bond acceptors (Lipinski definition) is 6. The van der Waals surface area contributed by atoms with Crippen molar-refractivity contribution in [1.82, 2.24) is 0 Å². The van der Waals surface area contributed by atoms with E-state index in [4.69, 9.17) is 26.6 Å². The highest BCUT2D eigenvalue weighted by Gasteiger charge is 2.33. The van der Waals surface area contributed by atoms with E-state index < -0.39 is 5.97 Å². The molecule has 0 atom stereocenters. The Morgan fingerprint density at radius 3 is 2.71 bits per heavy atom. The average molecular weight is 390 g/mol. The summed E-state index contributed by atoms with van der Waals surface area (Å²) < 4.78 is 10.4. The minimum Gasteiger partial charge on any atom is -0.527 e. The van der Waals surface area contributed by atoms with Gasteiger partial charge in [-0.3, -0.25) is 0 Å². The Kier molecular flexibility index (Phi) is 8.59. The van der Waals surface area contributed by atoms with E-state index in [0.29, 0.717) is 24.6 Å². The third kappa shape index (κ3) is 5.87. The van der Waals surface area contributed by atoms with Crippen LogP contribution in [0, 0.1) is 11.3 Å². The van der Waals surface area contributed by atoms with E-state index in [9.17, 15) is 9.90 Å². The maximum absolute atomic E-state index is 11.5. The molecule has 1 aliphatic rings. The van der Waals surface area contributed by atoms with Crippen molar-refractivity contribution in [2.45, 2.75) is 44.9 Å². The van der Waals surface area contributed by atoms with E-state index in [-0.39, 0.29) is 18.7 Å². The summed E-state index contributed by atoms with van der Waals surface area (Å²) in [4.78, 5) is 11.5. The summed E-state index contributed by atoms with van der Waals surface area (Å²) in [6, 6.07) is 5.13. The van der Waals surface area contributed by atoms with E-state index in [1.165, 1.54) is 6.07 Å². The third-order valence-electron chi connectivity index (χ3n) is 5.80. The Morgan fingerprint density at radius 2 is 2.11 bits per heavy atom. The molecular weight excluding hydrogens is 359 g/mol. The number of aromatic carboxylic acids is 1. The molecule has 0 bridgehead atoms. The molecule has 0 saturated heterocycles. The summed E-state index contributed by atoms with van der Waals surface area (Å²) in [7, 11) is -0.210. The number of benzene rings is 1. The molecule has 1 aromatic rings. The van der Waals surface area contributed by atoms with Crippen LogP contribution in [0.25, 0.3) is 0 Å². The molecule has 1 fully saturated rings. The lowest BCUT2D eigenvalue weighted by Crippen LogP contribution is -2.36. The highest BCUT2D eigenvalue weighted by Crippen LogP contribution is 2.42. The third-order valence-corrected chi connectivity index (χ3v) is 5.80. The number of carboxylic acid groups (broad SMARTS) is 1. The van der Waals surface area contributed by atoms with Crippen LogP contribution in [0.3, 0.4) is 0 Å². The minimum atomic E-state index is -1.04. The molecule has 8 nitrogen and oxygen atoms in total. The van der Waals surface area contributed by atoms with E-state index >= 15 is 0 Å². The van der Waals surface area contributed by atoms with Gasteiger partial charge in [0.2, 0.25) is 0 Å². The molecule has 0 spiro atoms. The van der Waals surface area contributed by atoms with Crippen LogP contribution in [0.4, 0.5) is 0 Å². The molecule has 0 unspecified atom stereocenters. The van der Waals surface area contributed by atoms with E-state index in [1.807, 2.05) is 6.07 Å². The van der Waals surface area contributed by atoms with Crippen molar-refractivity contribution in [2.24, 2.45) is 33.7 Å². The molecule has 9 heteroatoms. The number of para-hydroxylation sites is 1. The predicted octanol–water partition coefficient (Wildman–Crippen LogP) is 1.37. The van der Waals surface area contributed by atoms with Crippen LogP contribution in [0.1, 0.15) is 54.4 Å². The topological polar surface area (TPSA) is 146 Å². The smallest absolute Gasteiger partial charge is 0.527 e. The Bertz CT molecular complexity index is 663. The number of oxime groups is 1. The first-order valence-electron chi connectivity index (χ1n) is 9.79. The summed E-state index contributed by atoms with van der Waals surface area (Å²) in [5.41, 5.74) is 18.1. The lowest BCUT2D eigenvalue weighted by molar-refractivity contribution is 0.0694. The maximum Gasteiger partial charge on any atom is 0.599 e. The Morgan fingerprint density at radius 1 is 1.36 bits per heavy atom. The van der Waals surface area contributed by atoms with Crippen molar-refractivity contribution in [1.29, 1.82) is 0 Å². The van der Waals surface area contributed by atoms with Crippen molar-refractivity contribution >= 4 is 20.0 Å². The molecule has 7 N–H and O–H groups in total. The van der Waals surface area contributed by atoms with Crippen molar-refractivity contribution in [3.63, 3.8) is 0 Å². The molecule has 1 aromatic carbocycles. The number of rotatable bonds is 11. The fraction of sp³-hybridized carbons (Fsp3) is 0.579. The zero-order chi connectivity index (χ0) is 20.4. The monoisotopic (exact) mass is 390 g/mol. The fourth-order valence-electron chi connectivity index (χ4n) is 4.01. The van der Waals surface area contributed by atoms with E-state index in [2.05, 4.69) is 5.16 Å². The van der Waals surface area contributed by atoms with Crippen LogP contribution in [-0.4, -0.2) is 38.2 Å². The van der Waals surface area contributed by atoms with Crippen molar-refractivity contribution in [3.05, 3.63) is 29.3 Å². The van der Waals surface area contributed by atoms with Gasteiger partial charge in [0.05, 0.1) is 5.56 Å². The largest absolute Gasteiger partial charge is 0.599 e. The lowest BCUT2D eigenvalue weighted by Gasteiger charge is -2.39. The highest BCUT2D eigenvalue weighted by atomic mass is 16.7. The van der Waals surface area contributed by atoms with Gasteiger partial charge in [-0.15, -0.1) is 0 Å². The van der Waals surface area contributed by atoms with Gasteiger partial charge in [0.25, 0.3) is 0 Å². The first kappa shape index (κ1) is 22.0. The first-order chi connectivity index (χ1) is 13.5. The lowest BCUT2D eigenvalue weighted by atomic mass is 9.68. The van der Waals surface area contributed by atoms with Crippen LogP contribution in [-0.2, 0) is 11.2 Å². The number of carbonyl (C=O) groups is 1. The van der Waals surface area contributed by atoms with E-state index in [1.54, 1.807) is 6.07 Å². The predicted molar refractivity (Wildman–Crippen MR) is 110 cm³/mol. The number of carboxylic acids is 1. The van der Waals surface area contributed by atoms with Crippen LogP contribution < -0.4 is 21.9 Å². The van der Waals surface area contributed by atoms with Crippen LogP contribution in [0.15, 0.2) is 23.4 Å². The molecule has 1 saturated carbocycles. The molecule has 0 radical (unpaired) electrons. The van der Waals surface area contributed by atoms with Gasteiger partial charge in [-0.05, 0) is 81.0 Å². The van der Waals surface area contributed by atoms with Gasteiger partial charge in [-0.2, -0.15) is 0 Å². The zero-order valence-electron chi connectivity index (χ0n) is 16.3. The number of aryl methyl sites for hydroxylation is 1. The van der Waals surface area contributed by atoms with Gasteiger partial charge in [-0.25, -0.2) is 4.79 Å². The SMILES string of the molecule is NC=NOBOc1c(CCCC2(CN)CCC(CN)CC2)cccc1C(=O)O. The van der Waals surface area contributed by atoms with Gasteiger partial charge in [0, 0.05) is 0 Å². The number of hydrogen-bond donors (Lipinski definition) is 4. The summed E-state index contributed by atoms with van der Waals surface area (Å²) in [5, 5.41) is 12.9. The molecule has 0 heterocycles. The van der Waals surface area contributed by atoms with Crippen LogP contribution >= 0.6 is 0 Å². The van der Waals surface area contributed by atoms with Crippen molar-refractivity contribution < 1.29 is 19.3 Å². The Labute approximate surface area is 166 Å². The molecule has 0 aromatic heterocycles. The Hall–Kier alpha value is -2.26. The standard InChI is InChI=1S/C19H31BN4O4/c21-11-14-6-9-19(12-22,10-7-14)8-2-4-15-3-1-5-16(18(25)26)17(15)27-20-28-24-13-23/h1,3,5,13-14,20H,2,4,6-12,21-22H2,(H2,23,24)(H,25,26). The first-order valence-corrected chi connectivity index (χ1v) is 9.79. The fourth-order valence-corrected chi connectivity index (χ4v) is 4.01. The van der Waals surface area contributed by atoms with Crippen molar-refractivity contribution in [2.75, 3.05) is 13.1 Å². The summed E-state index contributed by atoms with van der Waals surface area (Å²) in [5.74, 6) is -0.114. The van der Waals surface area contributed by atoms with Gasteiger partial charge < -0.3 is 31.7 Å². The number of nitrogens with two attached hydrogens (primary N) is 3. The molecule has 28 heavy (non-hydrogen) atoms. The van der Waals surface area contributed by atoms with Crippen molar-refractivity contribution in [3.8, 4) is 5.75 Å². The van der Waals surface area contributed by atoms with Crippen LogP contribution in [0.2, 0.25) is 0 Å². The minimum absolute atomic E-state index is 0.106. The molecule has 1 aliphatic carbocycles. The molecular formula is C19H31BN4O4. The molecule has 154 valence electrons. The average Bonchev–Trinajstić information content (AvgIpc) is 2.72. The second-order valence-corrected chi connectivity index (χ2v) is 7.48. The van der Waals surface area contributed by atoms with Crippen LogP contribution in [0.5, 0.6) is 5.75 Å². The van der Waals surface area contributed by atoms with Gasteiger partial charge in [0.15, 0.2) is 0 Å². The van der Waals surface area contributed by atoms with Gasteiger partial charge >= 0.3 is 13.7 Å². The summed E-state index contributed by atoms with van der Waals surface area (Å²) >= 11 is 0. The molecule has 0 amide bonds. The van der Waals surface area contributed by atoms with Gasteiger partial charge in [0.1, 0.15) is 12.1 Å². The molecule has 2 rings (SSSR count). The second kappa shape index (κ2) is 10.9. The highest BCUT2D eigenvalue weighted by molar-refractivity contribution is 6.19. The zero-order valence-corrected chi connectivity index (χ0v) is 16.3. The maximum atomic E-state index is 11.5. The quantitative estimate of drug-likeness (QED) is 0.147. The van der Waals surface area contributed by atoms with Gasteiger partial charge in [-0.1, -0.05) is 17.3 Å². The number of nitrogens with zero attached hydrogens (tertiary/aromatic N) is 1. The normalized spacial score (nSPS) is 22.1. The summed E-state index contributed by atoms with van der Waals surface area (Å²) in [6.45, 7) is 1.42.